The van der Waals surface area contributed by atoms with Crippen LogP contribution in [0, 0.1) is 18.8 Å². The summed E-state index contributed by atoms with van der Waals surface area (Å²) in [6.07, 6.45) is 3.56. The van der Waals surface area contributed by atoms with Crippen molar-refractivity contribution in [1.82, 2.24) is 10.3 Å². The molecule has 1 aliphatic carbocycles. The van der Waals surface area contributed by atoms with E-state index in [1.165, 1.54) is 0 Å². The number of carboxylic acid groups (broad SMARTS) is 1. The minimum Gasteiger partial charge on any atom is -0.481 e. The largest absolute Gasteiger partial charge is 0.481 e. The molecule has 1 saturated carbocycles. The molecule has 0 radical (unpaired) electrons. The molecular formula is C13H18N2O4. The Labute approximate surface area is 111 Å². The molecule has 0 aliphatic heterocycles. The highest BCUT2D eigenvalue weighted by molar-refractivity contribution is 5.85. The molecule has 0 saturated heterocycles. The molecule has 1 aromatic rings. The van der Waals surface area contributed by atoms with Gasteiger partial charge in [-0.1, -0.05) is 6.42 Å². The molecule has 1 aromatic heterocycles. The van der Waals surface area contributed by atoms with Crippen LogP contribution in [0.25, 0.3) is 0 Å². The van der Waals surface area contributed by atoms with Crippen molar-refractivity contribution >= 4 is 11.9 Å². The van der Waals surface area contributed by atoms with E-state index in [9.17, 15) is 9.59 Å². The van der Waals surface area contributed by atoms with Gasteiger partial charge in [0.15, 0.2) is 0 Å². The number of hydrogen-bond acceptors (Lipinski definition) is 4. The number of nitrogens with one attached hydrogen (secondary N) is 1. The molecule has 0 bridgehead atoms. The third-order valence-corrected chi connectivity index (χ3v) is 3.54. The van der Waals surface area contributed by atoms with Crippen LogP contribution in [-0.4, -0.2) is 22.0 Å². The lowest BCUT2D eigenvalue weighted by Gasteiger charge is -2.18. The zero-order valence-corrected chi connectivity index (χ0v) is 11.0. The summed E-state index contributed by atoms with van der Waals surface area (Å²) in [6.45, 7) is 3.55. The highest BCUT2D eigenvalue weighted by Crippen LogP contribution is 2.32. The zero-order chi connectivity index (χ0) is 14.0. The lowest BCUT2D eigenvalue weighted by molar-refractivity contribution is -0.146. The Morgan fingerprint density at radius 2 is 2.16 bits per heavy atom. The fraction of sp³-hybridized carbons (Fsp3) is 0.615. The first-order valence-corrected chi connectivity index (χ1v) is 6.44. The van der Waals surface area contributed by atoms with E-state index in [1.807, 2.05) is 0 Å². The summed E-state index contributed by atoms with van der Waals surface area (Å²) in [7, 11) is 0. The third-order valence-electron chi connectivity index (χ3n) is 3.54. The lowest BCUT2D eigenvalue weighted by Crippen LogP contribution is -2.36. The van der Waals surface area contributed by atoms with Gasteiger partial charge in [-0.2, -0.15) is 0 Å². The number of oxazole rings is 1. The molecule has 2 N–H and O–H groups in total. The quantitative estimate of drug-likeness (QED) is 0.864. The van der Waals surface area contributed by atoms with Crippen molar-refractivity contribution in [2.24, 2.45) is 11.8 Å². The van der Waals surface area contributed by atoms with Crippen LogP contribution in [0.3, 0.4) is 0 Å². The summed E-state index contributed by atoms with van der Waals surface area (Å²) >= 11 is 0. The number of rotatable bonds is 4. The molecule has 6 heteroatoms. The summed E-state index contributed by atoms with van der Waals surface area (Å²) in [6, 6.07) is -0.351. The Morgan fingerprint density at radius 3 is 2.74 bits per heavy atom. The Kier molecular flexibility index (Phi) is 3.87. The van der Waals surface area contributed by atoms with Crippen molar-refractivity contribution in [3.8, 4) is 0 Å². The van der Waals surface area contributed by atoms with Gasteiger partial charge in [0.1, 0.15) is 11.8 Å². The van der Waals surface area contributed by atoms with Gasteiger partial charge in [-0.05, 0) is 26.7 Å². The Hall–Kier alpha value is -1.85. The first-order chi connectivity index (χ1) is 8.99. The van der Waals surface area contributed by atoms with Crippen LogP contribution in [0.1, 0.15) is 43.9 Å². The molecule has 19 heavy (non-hydrogen) atoms. The third kappa shape index (κ3) is 2.94. The highest BCUT2D eigenvalue weighted by Gasteiger charge is 2.38. The number of aliphatic carboxylic acids is 1. The smallest absolute Gasteiger partial charge is 0.307 e. The number of aryl methyl sites for hydroxylation is 1. The maximum absolute atomic E-state index is 12.1. The van der Waals surface area contributed by atoms with E-state index in [0.29, 0.717) is 24.5 Å². The highest BCUT2D eigenvalue weighted by atomic mass is 16.4. The second-order valence-electron chi connectivity index (χ2n) is 5.02. The predicted molar refractivity (Wildman–Crippen MR) is 66.3 cm³/mol. The molecule has 1 aliphatic rings. The van der Waals surface area contributed by atoms with Gasteiger partial charge in [0.05, 0.1) is 18.0 Å². The van der Waals surface area contributed by atoms with Crippen LogP contribution in [0.5, 0.6) is 0 Å². The Morgan fingerprint density at radius 1 is 1.47 bits per heavy atom. The molecule has 3 unspecified atom stereocenters. The summed E-state index contributed by atoms with van der Waals surface area (Å²) in [5.41, 5.74) is 0. The van der Waals surface area contributed by atoms with Crippen molar-refractivity contribution in [3.05, 3.63) is 17.8 Å². The Bertz CT molecular complexity index is 483. The van der Waals surface area contributed by atoms with Gasteiger partial charge in [0, 0.05) is 0 Å². The van der Waals surface area contributed by atoms with Gasteiger partial charge in [-0.3, -0.25) is 9.59 Å². The summed E-state index contributed by atoms with van der Waals surface area (Å²) in [4.78, 5) is 27.2. The van der Waals surface area contributed by atoms with Crippen molar-refractivity contribution in [2.75, 3.05) is 0 Å². The number of nitrogens with zero attached hydrogens (tertiary/aromatic N) is 1. The molecule has 0 spiro atoms. The van der Waals surface area contributed by atoms with Crippen LogP contribution in [-0.2, 0) is 9.59 Å². The van der Waals surface area contributed by atoms with Gasteiger partial charge in [0.25, 0.3) is 0 Å². The monoisotopic (exact) mass is 266 g/mol. The number of amides is 1. The van der Waals surface area contributed by atoms with E-state index in [0.717, 1.165) is 6.42 Å². The van der Waals surface area contributed by atoms with Gasteiger partial charge < -0.3 is 14.8 Å². The molecule has 1 heterocycles. The van der Waals surface area contributed by atoms with E-state index in [2.05, 4.69) is 10.3 Å². The van der Waals surface area contributed by atoms with Crippen molar-refractivity contribution in [1.29, 1.82) is 0 Å². The van der Waals surface area contributed by atoms with Crippen LogP contribution in [0.4, 0.5) is 0 Å². The second kappa shape index (κ2) is 5.42. The van der Waals surface area contributed by atoms with Crippen molar-refractivity contribution < 1.29 is 19.1 Å². The van der Waals surface area contributed by atoms with E-state index < -0.39 is 17.8 Å². The molecule has 3 atom stereocenters. The van der Waals surface area contributed by atoms with Gasteiger partial charge in [0.2, 0.25) is 11.8 Å². The normalized spacial score (nSPS) is 24.1. The van der Waals surface area contributed by atoms with Crippen LogP contribution >= 0.6 is 0 Å². The maximum Gasteiger partial charge on any atom is 0.307 e. The molecule has 1 amide bonds. The molecule has 2 rings (SSSR count). The van der Waals surface area contributed by atoms with Crippen LogP contribution in [0.15, 0.2) is 10.6 Å². The zero-order valence-electron chi connectivity index (χ0n) is 11.0. The first-order valence-electron chi connectivity index (χ1n) is 6.44. The minimum absolute atomic E-state index is 0.228. The minimum atomic E-state index is -0.891. The predicted octanol–water partition coefficient (Wildman–Crippen LogP) is 1.66. The molecule has 104 valence electrons. The maximum atomic E-state index is 12.1. The number of carbonyl (C=O) groups excluding carboxylic acids is 1. The number of carbonyl (C=O) groups is 2. The van der Waals surface area contributed by atoms with Crippen molar-refractivity contribution in [2.45, 2.75) is 39.2 Å². The summed E-state index contributed by atoms with van der Waals surface area (Å²) < 4.78 is 5.34. The van der Waals surface area contributed by atoms with Crippen LogP contribution < -0.4 is 5.32 Å². The molecule has 6 nitrogen and oxygen atoms in total. The average molecular weight is 266 g/mol. The number of aromatic nitrogens is 1. The lowest BCUT2D eigenvalue weighted by atomic mass is 9.95. The van der Waals surface area contributed by atoms with Crippen molar-refractivity contribution in [3.63, 3.8) is 0 Å². The van der Waals surface area contributed by atoms with E-state index >= 15 is 0 Å². The van der Waals surface area contributed by atoms with Gasteiger partial charge in [-0.15, -0.1) is 0 Å². The second-order valence-corrected chi connectivity index (χ2v) is 5.02. The van der Waals surface area contributed by atoms with E-state index in [1.54, 1.807) is 20.0 Å². The van der Waals surface area contributed by atoms with Gasteiger partial charge >= 0.3 is 5.97 Å². The molecular weight excluding hydrogens is 248 g/mol. The van der Waals surface area contributed by atoms with Crippen LogP contribution in [0.2, 0.25) is 0 Å². The van der Waals surface area contributed by atoms with E-state index in [4.69, 9.17) is 9.52 Å². The van der Waals surface area contributed by atoms with Gasteiger partial charge in [-0.25, -0.2) is 4.98 Å². The number of carboxylic acids is 1. The topological polar surface area (TPSA) is 92.4 Å². The Balaban J connectivity index is 1.99. The summed E-state index contributed by atoms with van der Waals surface area (Å²) in [5.74, 6) is -1.02. The molecule has 0 aromatic carbocycles. The fourth-order valence-corrected chi connectivity index (χ4v) is 2.52. The average Bonchev–Trinajstić information content (AvgIpc) is 2.96. The fourth-order valence-electron chi connectivity index (χ4n) is 2.52. The first kappa shape index (κ1) is 13.6. The van der Waals surface area contributed by atoms with E-state index in [-0.39, 0.29) is 11.9 Å². The SMILES string of the molecule is Cc1cnc(C(C)NC(=O)C2CCCC2C(=O)O)o1. The molecule has 1 fully saturated rings. The summed E-state index contributed by atoms with van der Waals surface area (Å²) in [5, 5.41) is 11.9. The number of hydrogen-bond donors (Lipinski definition) is 2. The standard InChI is InChI=1S/C13H18N2O4/c1-7-6-14-12(19-7)8(2)15-11(16)9-4-3-5-10(9)13(17)18/h6,8-10H,3-5H2,1-2H3,(H,15,16)(H,17,18).